The number of hydrazine groups is 1. The lowest BCUT2D eigenvalue weighted by Gasteiger charge is -2.14. The highest BCUT2D eigenvalue weighted by Crippen LogP contribution is 2.28. The predicted molar refractivity (Wildman–Crippen MR) is 102 cm³/mol. The van der Waals surface area contributed by atoms with Crippen molar-refractivity contribution < 1.29 is 19.1 Å². The minimum Gasteiger partial charge on any atom is -0.493 e. The number of hydrogen-bond donors (Lipinski definition) is 2. The number of thioether (sulfide) groups is 1. The number of rotatable bonds is 6. The molecule has 26 heavy (non-hydrogen) atoms. The van der Waals surface area contributed by atoms with Crippen molar-refractivity contribution >= 4 is 23.6 Å². The molecule has 2 amide bonds. The van der Waals surface area contributed by atoms with Crippen LogP contribution in [-0.2, 0) is 0 Å². The van der Waals surface area contributed by atoms with Gasteiger partial charge in [0.25, 0.3) is 11.8 Å². The summed E-state index contributed by atoms with van der Waals surface area (Å²) in [7, 11) is 1.50. The van der Waals surface area contributed by atoms with Crippen LogP contribution < -0.4 is 20.3 Å². The van der Waals surface area contributed by atoms with Crippen LogP contribution in [-0.4, -0.2) is 31.3 Å². The van der Waals surface area contributed by atoms with Gasteiger partial charge in [0.15, 0.2) is 11.5 Å². The Morgan fingerprint density at radius 3 is 2.04 bits per heavy atom. The Morgan fingerprint density at radius 2 is 1.50 bits per heavy atom. The molecule has 0 aromatic heterocycles. The summed E-state index contributed by atoms with van der Waals surface area (Å²) in [5.41, 5.74) is 5.60. The number of carbonyl (C=O) groups is 2. The maximum atomic E-state index is 12.3. The van der Waals surface area contributed by atoms with Crippen LogP contribution in [0.5, 0.6) is 11.5 Å². The van der Waals surface area contributed by atoms with Gasteiger partial charge in [0.05, 0.1) is 13.2 Å². The van der Waals surface area contributed by atoms with Gasteiger partial charge in [-0.25, -0.2) is 0 Å². The SMILES string of the molecule is COc1cc(C(=O)NNC(=O)c2ccc(SC)cc2)ccc1OC(C)C. The summed E-state index contributed by atoms with van der Waals surface area (Å²) >= 11 is 1.59. The van der Waals surface area contributed by atoms with Crippen molar-refractivity contribution in [1.29, 1.82) is 0 Å². The Balaban J connectivity index is 2.01. The third kappa shape index (κ3) is 5.16. The van der Waals surface area contributed by atoms with Gasteiger partial charge in [-0.2, -0.15) is 0 Å². The lowest BCUT2D eigenvalue weighted by atomic mass is 10.2. The van der Waals surface area contributed by atoms with Crippen LogP contribution in [0, 0.1) is 0 Å². The Bertz CT molecular complexity index is 776. The molecule has 0 fully saturated rings. The first-order chi connectivity index (χ1) is 12.4. The van der Waals surface area contributed by atoms with Crippen LogP contribution in [0.4, 0.5) is 0 Å². The summed E-state index contributed by atoms with van der Waals surface area (Å²) in [5, 5.41) is 0. The van der Waals surface area contributed by atoms with Gasteiger partial charge in [0.2, 0.25) is 0 Å². The van der Waals surface area contributed by atoms with Crippen LogP contribution in [0.2, 0.25) is 0 Å². The predicted octanol–water partition coefficient (Wildman–Crippen LogP) is 3.28. The summed E-state index contributed by atoms with van der Waals surface area (Å²) in [4.78, 5) is 25.4. The highest BCUT2D eigenvalue weighted by Gasteiger charge is 2.13. The first-order valence-electron chi connectivity index (χ1n) is 8.04. The largest absolute Gasteiger partial charge is 0.493 e. The fourth-order valence-electron chi connectivity index (χ4n) is 2.16. The van der Waals surface area contributed by atoms with Gasteiger partial charge in [0.1, 0.15) is 0 Å². The van der Waals surface area contributed by atoms with Gasteiger partial charge in [0, 0.05) is 16.0 Å². The third-order valence-electron chi connectivity index (χ3n) is 3.43. The Kier molecular flexibility index (Phi) is 6.91. The van der Waals surface area contributed by atoms with Gasteiger partial charge < -0.3 is 9.47 Å². The molecule has 0 unspecified atom stereocenters. The van der Waals surface area contributed by atoms with E-state index in [1.807, 2.05) is 32.2 Å². The minimum atomic E-state index is -0.450. The molecule has 138 valence electrons. The Morgan fingerprint density at radius 1 is 0.923 bits per heavy atom. The summed E-state index contributed by atoms with van der Waals surface area (Å²) in [6.07, 6.45) is 1.95. The molecule has 0 spiro atoms. The van der Waals surface area contributed by atoms with E-state index < -0.39 is 11.8 Å². The van der Waals surface area contributed by atoms with Crippen molar-refractivity contribution in [2.45, 2.75) is 24.8 Å². The van der Waals surface area contributed by atoms with Crippen molar-refractivity contribution in [3.05, 3.63) is 53.6 Å². The molecule has 0 aliphatic carbocycles. The van der Waals surface area contributed by atoms with E-state index in [4.69, 9.17) is 9.47 Å². The van der Waals surface area contributed by atoms with Gasteiger partial charge in [-0.15, -0.1) is 11.8 Å². The van der Waals surface area contributed by atoms with E-state index in [0.717, 1.165) is 4.90 Å². The number of amides is 2. The van der Waals surface area contributed by atoms with E-state index in [-0.39, 0.29) is 6.10 Å². The number of benzene rings is 2. The summed E-state index contributed by atoms with van der Waals surface area (Å²) in [5.74, 6) is 0.161. The van der Waals surface area contributed by atoms with Gasteiger partial charge in [-0.05, 0) is 62.6 Å². The monoisotopic (exact) mass is 374 g/mol. The summed E-state index contributed by atoms with van der Waals surface area (Å²) in [6, 6.07) is 11.9. The van der Waals surface area contributed by atoms with Crippen molar-refractivity contribution in [2.24, 2.45) is 0 Å². The second-order valence-electron chi connectivity index (χ2n) is 5.67. The molecule has 6 nitrogen and oxygen atoms in total. The first kappa shape index (κ1) is 19.7. The maximum Gasteiger partial charge on any atom is 0.269 e. The van der Waals surface area contributed by atoms with Crippen LogP contribution >= 0.6 is 11.8 Å². The molecular formula is C19H22N2O4S. The Hall–Kier alpha value is -2.67. The number of carbonyl (C=O) groups excluding carboxylic acids is 2. The molecule has 2 aromatic carbocycles. The fourth-order valence-corrected chi connectivity index (χ4v) is 2.57. The van der Waals surface area contributed by atoms with E-state index in [2.05, 4.69) is 10.9 Å². The van der Waals surface area contributed by atoms with Crippen molar-refractivity contribution in [3.63, 3.8) is 0 Å². The van der Waals surface area contributed by atoms with Crippen LogP contribution in [0.25, 0.3) is 0 Å². The second-order valence-corrected chi connectivity index (χ2v) is 6.55. The molecule has 0 bridgehead atoms. The molecular weight excluding hydrogens is 352 g/mol. The standard InChI is InChI=1S/C19H22N2O4S/c1-12(2)25-16-10-7-14(11-17(16)24-3)19(23)21-20-18(22)13-5-8-15(26-4)9-6-13/h5-12H,1-4H3,(H,20,22)(H,21,23). The first-order valence-corrected chi connectivity index (χ1v) is 9.26. The number of ether oxygens (including phenoxy) is 2. The zero-order chi connectivity index (χ0) is 19.1. The molecule has 0 saturated carbocycles. The topological polar surface area (TPSA) is 76.7 Å². The van der Waals surface area contributed by atoms with E-state index in [1.54, 1.807) is 42.1 Å². The highest BCUT2D eigenvalue weighted by molar-refractivity contribution is 7.98. The molecule has 0 saturated heterocycles. The Labute approximate surface area is 157 Å². The molecule has 0 aliphatic rings. The van der Waals surface area contributed by atoms with E-state index >= 15 is 0 Å². The zero-order valence-electron chi connectivity index (χ0n) is 15.2. The lowest BCUT2D eigenvalue weighted by Crippen LogP contribution is -2.41. The van der Waals surface area contributed by atoms with Crippen molar-refractivity contribution in [1.82, 2.24) is 10.9 Å². The fraction of sp³-hybridized carbons (Fsp3) is 0.263. The van der Waals surface area contributed by atoms with Crippen LogP contribution in [0.15, 0.2) is 47.4 Å². The number of hydrogen-bond acceptors (Lipinski definition) is 5. The molecule has 0 aliphatic heterocycles. The van der Waals surface area contributed by atoms with Crippen molar-refractivity contribution in [3.8, 4) is 11.5 Å². The molecule has 0 atom stereocenters. The second kappa shape index (κ2) is 9.15. The zero-order valence-corrected chi connectivity index (χ0v) is 16.0. The van der Waals surface area contributed by atoms with E-state index in [0.29, 0.717) is 22.6 Å². The van der Waals surface area contributed by atoms with Crippen LogP contribution in [0.1, 0.15) is 34.6 Å². The summed E-state index contributed by atoms with van der Waals surface area (Å²) in [6.45, 7) is 3.81. The van der Waals surface area contributed by atoms with Gasteiger partial charge in [-0.1, -0.05) is 0 Å². The molecule has 2 rings (SSSR count). The third-order valence-corrected chi connectivity index (χ3v) is 4.17. The van der Waals surface area contributed by atoms with Gasteiger partial charge in [-0.3, -0.25) is 20.4 Å². The van der Waals surface area contributed by atoms with E-state index in [1.165, 1.54) is 7.11 Å². The molecule has 2 aromatic rings. The molecule has 7 heteroatoms. The maximum absolute atomic E-state index is 12.3. The molecule has 2 N–H and O–H groups in total. The molecule has 0 radical (unpaired) electrons. The lowest BCUT2D eigenvalue weighted by molar-refractivity contribution is 0.0846. The normalized spacial score (nSPS) is 10.3. The molecule has 0 heterocycles. The van der Waals surface area contributed by atoms with Crippen molar-refractivity contribution in [2.75, 3.05) is 13.4 Å². The van der Waals surface area contributed by atoms with Gasteiger partial charge >= 0.3 is 0 Å². The number of nitrogens with one attached hydrogen (secondary N) is 2. The highest BCUT2D eigenvalue weighted by atomic mass is 32.2. The van der Waals surface area contributed by atoms with E-state index in [9.17, 15) is 9.59 Å². The van der Waals surface area contributed by atoms with Crippen LogP contribution in [0.3, 0.4) is 0 Å². The summed E-state index contributed by atoms with van der Waals surface area (Å²) < 4.78 is 10.9. The minimum absolute atomic E-state index is 0.0136. The average Bonchev–Trinajstić information content (AvgIpc) is 2.65. The average molecular weight is 374 g/mol. The number of methoxy groups -OCH3 is 1. The quantitative estimate of drug-likeness (QED) is 0.599. The smallest absolute Gasteiger partial charge is 0.269 e.